The molecule has 1 unspecified atom stereocenters. The van der Waals surface area contributed by atoms with Crippen LogP contribution >= 0.6 is 24.8 Å². The van der Waals surface area contributed by atoms with Crippen LogP contribution in [0.2, 0.25) is 0 Å². The monoisotopic (exact) mass is 431 g/mol. The molecule has 29 heavy (non-hydrogen) atoms. The summed E-state index contributed by atoms with van der Waals surface area (Å²) in [6, 6.07) is 18.5. The summed E-state index contributed by atoms with van der Waals surface area (Å²) in [7, 11) is 1.97. The van der Waals surface area contributed by atoms with Crippen molar-refractivity contribution in [2.45, 2.75) is 25.8 Å². The number of para-hydroxylation sites is 1. The normalized spacial score (nSPS) is 16.1. The second-order valence-electron chi connectivity index (χ2n) is 7.32. The Bertz CT molecular complexity index is 976. The molecular formula is C23H27Cl2N3O. The fourth-order valence-electron chi connectivity index (χ4n) is 3.79. The molecule has 1 fully saturated rings. The van der Waals surface area contributed by atoms with Gasteiger partial charge in [0, 0.05) is 30.1 Å². The lowest BCUT2D eigenvalue weighted by atomic mass is 10.0. The van der Waals surface area contributed by atoms with E-state index in [4.69, 9.17) is 4.98 Å². The molecule has 4 rings (SSSR count). The highest BCUT2D eigenvalue weighted by atomic mass is 35.5. The number of hydrogen-bond acceptors (Lipinski definition) is 3. The summed E-state index contributed by atoms with van der Waals surface area (Å²) in [4.78, 5) is 20.2. The van der Waals surface area contributed by atoms with E-state index >= 15 is 0 Å². The average Bonchev–Trinajstić information content (AvgIpc) is 2.73. The van der Waals surface area contributed by atoms with Crippen LogP contribution in [-0.4, -0.2) is 42.0 Å². The first-order valence-electron chi connectivity index (χ1n) is 9.59. The zero-order chi connectivity index (χ0) is 18.8. The van der Waals surface area contributed by atoms with Crippen LogP contribution < -0.4 is 5.32 Å². The molecule has 1 atom stereocenters. The number of rotatable bonds is 3. The largest absolute Gasteiger partial charge is 0.337 e. The first-order chi connectivity index (χ1) is 13.2. The fraction of sp³-hybridized carbons (Fsp3) is 0.304. The molecule has 3 aromatic rings. The molecule has 6 heteroatoms. The highest BCUT2D eigenvalue weighted by Gasteiger charge is 2.25. The molecule has 1 N–H and O–H groups in total. The molecular weight excluding hydrogens is 405 g/mol. The Morgan fingerprint density at radius 3 is 2.55 bits per heavy atom. The maximum absolute atomic E-state index is 13.4. The lowest BCUT2D eigenvalue weighted by molar-refractivity contribution is 0.0700. The van der Waals surface area contributed by atoms with Gasteiger partial charge in [0.25, 0.3) is 5.91 Å². The number of likely N-dealkylation sites (N-methyl/N-ethyl adjacent to an activating group) is 1. The van der Waals surface area contributed by atoms with E-state index in [9.17, 15) is 4.79 Å². The Morgan fingerprint density at radius 2 is 1.83 bits per heavy atom. The molecule has 1 aliphatic heterocycles. The minimum atomic E-state index is 0. The third-order valence-corrected chi connectivity index (χ3v) is 5.41. The van der Waals surface area contributed by atoms with Crippen molar-refractivity contribution in [2.24, 2.45) is 0 Å². The molecule has 1 aliphatic rings. The maximum Gasteiger partial charge on any atom is 0.254 e. The number of pyridine rings is 1. The van der Waals surface area contributed by atoms with Crippen LogP contribution in [-0.2, 0) is 0 Å². The molecule has 4 nitrogen and oxygen atoms in total. The molecule has 0 aliphatic carbocycles. The minimum Gasteiger partial charge on any atom is -0.337 e. The summed E-state index contributed by atoms with van der Waals surface area (Å²) in [6.45, 7) is 3.64. The van der Waals surface area contributed by atoms with Gasteiger partial charge in [0.05, 0.1) is 16.8 Å². The standard InChI is InChI=1S/C23H25N3O.2ClH/c1-16-9-11-17(12-10-16)22-14-20(19-7-3-4-8-21(19)25-22)23(27)26-13-5-6-18(15-26)24-2;;/h3-4,7-12,14,18,24H,5-6,13,15H2,1-2H3;2*1H. The van der Waals surface area contributed by atoms with E-state index in [2.05, 4.69) is 36.5 Å². The number of halogens is 2. The molecule has 1 amide bonds. The highest BCUT2D eigenvalue weighted by Crippen LogP contribution is 2.27. The maximum atomic E-state index is 13.4. The number of piperidine rings is 1. The van der Waals surface area contributed by atoms with Gasteiger partial charge in [-0.3, -0.25) is 4.79 Å². The van der Waals surface area contributed by atoms with Gasteiger partial charge >= 0.3 is 0 Å². The number of amides is 1. The summed E-state index contributed by atoms with van der Waals surface area (Å²) >= 11 is 0. The second-order valence-corrected chi connectivity index (χ2v) is 7.32. The molecule has 2 aromatic carbocycles. The number of nitrogens with zero attached hydrogens (tertiary/aromatic N) is 2. The highest BCUT2D eigenvalue weighted by molar-refractivity contribution is 6.07. The molecule has 0 radical (unpaired) electrons. The zero-order valence-electron chi connectivity index (χ0n) is 16.7. The molecule has 154 valence electrons. The Kier molecular flexibility index (Phi) is 8.03. The number of nitrogens with one attached hydrogen (secondary N) is 1. The summed E-state index contributed by atoms with van der Waals surface area (Å²) < 4.78 is 0. The van der Waals surface area contributed by atoms with E-state index in [0.29, 0.717) is 6.04 Å². The van der Waals surface area contributed by atoms with E-state index < -0.39 is 0 Å². The minimum absolute atomic E-state index is 0. The van der Waals surface area contributed by atoms with E-state index in [1.165, 1.54) is 5.56 Å². The molecule has 0 bridgehead atoms. The van der Waals surface area contributed by atoms with Crippen LogP contribution in [0, 0.1) is 6.92 Å². The lowest BCUT2D eigenvalue weighted by Crippen LogP contribution is -2.47. The summed E-state index contributed by atoms with van der Waals surface area (Å²) in [5.41, 5.74) is 4.70. The SMILES string of the molecule is CNC1CCCN(C(=O)c2cc(-c3ccc(C)cc3)nc3ccccc23)C1.Cl.Cl. The van der Waals surface area contributed by atoms with Crippen molar-refractivity contribution in [1.29, 1.82) is 0 Å². The van der Waals surface area contributed by atoms with Crippen LogP contribution in [0.5, 0.6) is 0 Å². The van der Waals surface area contributed by atoms with Crippen LogP contribution in [0.3, 0.4) is 0 Å². The lowest BCUT2D eigenvalue weighted by Gasteiger charge is -2.33. The predicted octanol–water partition coefficient (Wildman–Crippen LogP) is 4.88. The summed E-state index contributed by atoms with van der Waals surface area (Å²) in [5, 5.41) is 4.23. The van der Waals surface area contributed by atoms with Crippen molar-refractivity contribution >= 4 is 41.6 Å². The van der Waals surface area contributed by atoms with Gasteiger partial charge in [-0.1, -0.05) is 48.0 Å². The van der Waals surface area contributed by atoms with Crippen molar-refractivity contribution in [2.75, 3.05) is 20.1 Å². The molecule has 2 heterocycles. The van der Waals surface area contributed by atoms with Crippen LogP contribution in [0.1, 0.15) is 28.8 Å². The number of likely N-dealkylation sites (tertiary alicyclic amines) is 1. The molecule has 0 spiro atoms. The second kappa shape index (κ2) is 10.1. The molecule has 1 aromatic heterocycles. The quantitative estimate of drug-likeness (QED) is 0.642. The Morgan fingerprint density at radius 1 is 1.10 bits per heavy atom. The van der Waals surface area contributed by atoms with Gasteiger partial charge in [0.15, 0.2) is 0 Å². The van der Waals surface area contributed by atoms with Crippen molar-refractivity contribution in [3.05, 3.63) is 65.7 Å². The summed E-state index contributed by atoms with van der Waals surface area (Å²) in [5.74, 6) is 0.0990. The van der Waals surface area contributed by atoms with Gasteiger partial charge in [-0.15, -0.1) is 24.8 Å². The fourth-order valence-corrected chi connectivity index (χ4v) is 3.79. The van der Waals surface area contributed by atoms with Crippen LogP contribution in [0.25, 0.3) is 22.2 Å². The Hall–Kier alpha value is -2.14. The van der Waals surface area contributed by atoms with E-state index in [-0.39, 0.29) is 30.7 Å². The number of hydrogen-bond donors (Lipinski definition) is 1. The van der Waals surface area contributed by atoms with E-state index in [0.717, 1.165) is 53.7 Å². The van der Waals surface area contributed by atoms with Crippen LogP contribution in [0.15, 0.2) is 54.6 Å². The topological polar surface area (TPSA) is 45.2 Å². The number of aryl methyl sites for hydroxylation is 1. The third kappa shape index (κ3) is 4.89. The average molecular weight is 432 g/mol. The number of carbonyl (C=O) groups is 1. The molecule has 0 saturated carbocycles. The van der Waals surface area contributed by atoms with Crippen molar-refractivity contribution < 1.29 is 4.79 Å². The third-order valence-electron chi connectivity index (χ3n) is 5.41. The van der Waals surface area contributed by atoms with Crippen molar-refractivity contribution in [3.63, 3.8) is 0 Å². The number of carbonyl (C=O) groups excluding carboxylic acids is 1. The number of fused-ring (bicyclic) bond motifs is 1. The Balaban J connectivity index is 0.00000150. The van der Waals surface area contributed by atoms with Crippen molar-refractivity contribution in [3.8, 4) is 11.3 Å². The number of benzene rings is 2. The number of aromatic nitrogens is 1. The first kappa shape index (κ1) is 23.1. The first-order valence-corrected chi connectivity index (χ1v) is 9.59. The Labute approximate surface area is 184 Å². The van der Waals surface area contributed by atoms with E-state index in [1.807, 2.05) is 42.3 Å². The predicted molar refractivity (Wildman–Crippen MR) is 124 cm³/mol. The van der Waals surface area contributed by atoms with Crippen molar-refractivity contribution in [1.82, 2.24) is 15.2 Å². The van der Waals surface area contributed by atoms with Gasteiger partial charge in [0.1, 0.15) is 0 Å². The van der Waals surface area contributed by atoms with Gasteiger partial charge in [0.2, 0.25) is 0 Å². The van der Waals surface area contributed by atoms with Gasteiger partial charge in [-0.05, 0) is 38.9 Å². The molecule has 1 saturated heterocycles. The van der Waals surface area contributed by atoms with Gasteiger partial charge in [-0.2, -0.15) is 0 Å². The zero-order valence-corrected chi connectivity index (χ0v) is 18.4. The van der Waals surface area contributed by atoms with Gasteiger partial charge < -0.3 is 10.2 Å². The smallest absolute Gasteiger partial charge is 0.254 e. The van der Waals surface area contributed by atoms with E-state index in [1.54, 1.807) is 0 Å². The summed E-state index contributed by atoms with van der Waals surface area (Å²) in [6.07, 6.45) is 2.15. The van der Waals surface area contributed by atoms with Gasteiger partial charge in [-0.25, -0.2) is 4.98 Å². The van der Waals surface area contributed by atoms with Crippen LogP contribution in [0.4, 0.5) is 0 Å².